The second-order valence-electron chi connectivity index (χ2n) is 8.09. The monoisotopic (exact) mass is 390 g/mol. The first-order valence-electron chi connectivity index (χ1n) is 10.5. The Morgan fingerprint density at radius 1 is 1.25 bits per heavy atom. The van der Waals surface area contributed by atoms with Gasteiger partial charge in [0.1, 0.15) is 0 Å². The maximum absolute atomic E-state index is 12.5. The predicted octanol–water partition coefficient (Wildman–Crippen LogP) is 2.90. The van der Waals surface area contributed by atoms with Crippen molar-refractivity contribution in [3.63, 3.8) is 0 Å². The molecule has 2 fully saturated rings. The summed E-state index contributed by atoms with van der Waals surface area (Å²) in [5.74, 6) is 1.54. The molecule has 0 radical (unpaired) electrons. The number of fused-ring (bicyclic) bond motifs is 1. The molecule has 156 valence electrons. The highest BCUT2D eigenvalue weighted by Crippen LogP contribution is 2.50. The van der Waals surface area contributed by atoms with Crippen LogP contribution in [0.2, 0.25) is 0 Å². The van der Waals surface area contributed by atoms with Crippen LogP contribution in [0.5, 0.6) is 11.5 Å². The number of hydrogen-bond donors (Lipinski definition) is 2. The first-order chi connectivity index (χ1) is 13.5. The van der Waals surface area contributed by atoms with E-state index in [2.05, 4.69) is 17.1 Å². The van der Waals surface area contributed by atoms with Gasteiger partial charge >= 0.3 is 0 Å². The molecule has 0 spiro atoms. The van der Waals surface area contributed by atoms with E-state index in [1.165, 1.54) is 0 Å². The fourth-order valence-electron chi connectivity index (χ4n) is 4.90. The van der Waals surface area contributed by atoms with Gasteiger partial charge in [-0.3, -0.25) is 9.69 Å². The van der Waals surface area contributed by atoms with Crippen molar-refractivity contribution in [3.8, 4) is 11.5 Å². The summed E-state index contributed by atoms with van der Waals surface area (Å²) >= 11 is 0. The molecule has 0 aromatic heterocycles. The Balaban J connectivity index is 1.92. The van der Waals surface area contributed by atoms with Crippen LogP contribution in [0, 0.1) is 5.92 Å². The van der Waals surface area contributed by atoms with Crippen LogP contribution in [0.4, 0.5) is 0 Å². The summed E-state index contributed by atoms with van der Waals surface area (Å²) < 4.78 is 10.9. The number of methoxy groups -OCH3 is 2. The molecular weight excluding hydrogens is 356 g/mol. The number of piperidine rings is 1. The van der Waals surface area contributed by atoms with E-state index in [0.29, 0.717) is 31.1 Å². The van der Waals surface area contributed by atoms with Gasteiger partial charge in [0.25, 0.3) is 0 Å². The first-order valence-corrected chi connectivity index (χ1v) is 10.5. The highest BCUT2D eigenvalue weighted by Gasteiger charge is 2.49. The molecule has 1 aliphatic heterocycles. The van der Waals surface area contributed by atoms with Crippen molar-refractivity contribution in [2.24, 2.45) is 5.92 Å². The van der Waals surface area contributed by atoms with Crippen LogP contribution >= 0.6 is 0 Å². The smallest absolute Gasteiger partial charge is 0.234 e. The number of carbonyl (C=O) groups excluding carboxylic acids is 1. The number of rotatable bonds is 7. The molecule has 1 aromatic rings. The van der Waals surface area contributed by atoms with E-state index < -0.39 is 5.60 Å². The van der Waals surface area contributed by atoms with Gasteiger partial charge in [0.15, 0.2) is 11.5 Å². The molecule has 3 unspecified atom stereocenters. The van der Waals surface area contributed by atoms with Crippen LogP contribution in [0.3, 0.4) is 0 Å². The largest absolute Gasteiger partial charge is 0.493 e. The van der Waals surface area contributed by atoms with E-state index in [4.69, 9.17) is 9.47 Å². The van der Waals surface area contributed by atoms with Crippen molar-refractivity contribution >= 4 is 5.91 Å². The lowest BCUT2D eigenvalue weighted by atomic mass is 9.66. The highest BCUT2D eigenvalue weighted by atomic mass is 16.5. The lowest BCUT2D eigenvalue weighted by Gasteiger charge is -2.52. The number of nitrogens with one attached hydrogen (secondary N) is 1. The van der Waals surface area contributed by atoms with E-state index in [0.717, 1.165) is 44.1 Å². The Morgan fingerprint density at radius 2 is 2.04 bits per heavy atom. The molecule has 3 atom stereocenters. The molecule has 2 aliphatic rings. The van der Waals surface area contributed by atoms with Crippen molar-refractivity contribution in [1.82, 2.24) is 10.2 Å². The molecule has 1 amide bonds. The third kappa shape index (κ3) is 4.28. The molecule has 1 saturated carbocycles. The van der Waals surface area contributed by atoms with Gasteiger partial charge in [-0.15, -0.1) is 0 Å². The fraction of sp³-hybridized carbons (Fsp3) is 0.682. The van der Waals surface area contributed by atoms with Crippen molar-refractivity contribution in [2.75, 3.05) is 33.9 Å². The number of ether oxygens (including phenoxy) is 2. The summed E-state index contributed by atoms with van der Waals surface area (Å²) in [5.41, 5.74) is 0.429. The van der Waals surface area contributed by atoms with Crippen LogP contribution in [0.1, 0.15) is 57.1 Å². The van der Waals surface area contributed by atoms with E-state index >= 15 is 0 Å². The number of likely N-dealkylation sites (tertiary alicyclic amines) is 1. The number of hydrogen-bond acceptors (Lipinski definition) is 5. The topological polar surface area (TPSA) is 71.0 Å². The average Bonchev–Trinajstić information content (AvgIpc) is 2.71. The molecule has 1 heterocycles. The van der Waals surface area contributed by atoms with E-state index in [1.807, 2.05) is 18.2 Å². The summed E-state index contributed by atoms with van der Waals surface area (Å²) in [6.45, 7) is 3.81. The van der Waals surface area contributed by atoms with Crippen molar-refractivity contribution in [2.45, 2.75) is 57.1 Å². The summed E-state index contributed by atoms with van der Waals surface area (Å²) in [6, 6.07) is 5.95. The lowest BCUT2D eigenvalue weighted by Crippen LogP contribution is -2.56. The van der Waals surface area contributed by atoms with Crippen molar-refractivity contribution < 1.29 is 19.4 Å². The highest BCUT2D eigenvalue weighted by molar-refractivity contribution is 5.78. The second-order valence-corrected chi connectivity index (χ2v) is 8.09. The molecule has 6 nitrogen and oxygen atoms in total. The number of benzene rings is 1. The average molecular weight is 391 g/mol. The Kier molecular flexibility index (Phi) is 6.83. The molecule has 1 aromatic carbocycles. The normalized spacial score (nSPS) is 27.7. The number of aliphatic hydroxyl groups is 1. The molecule has 1 saturated heterocycles. The van der Waals surface area contributed by atoms with E-state index in [-0.39, 0.29) is 17.9 Å². The zero-order valence-corrected chi connectivity index (χ0v) is 17.4. The second kappa shape index (κ2) is 9.14. The summed E-state index contributed by atoms with van der Waals surface area (Å²) in [5, 5.41) is 14.3. The van der Waals surface area contributed by atoms with Gasteiger partial charge in [-0.1, -0.05) is 25.8 Å². The maximum Gasteiger partial charge on any atom is 0.234 e. The van der Waals surface area contributed by atoms with Crippen LogP contribution < -0.4 is 14.8 Å². The van der Waals surface area contributed by atoms with Crippen LogP contribution in [-0.4, -0.2) is 55.4 Å². The Labute approximate surface area is 168 Å². The van der Waals surface area contributed by atoms with Gasteiger partial charge < -0.3 is 19.9 Å². The molecule has 0 bridgehead atoms. The van der Waals surface area contributed by atoms with Crippen LogP contribution in [-0.2, 0) is 4.79 Å². The zero-order valence-electron chi connectivity index (χ0n) is 17.4. The molecule has 1 aliphatic carbocycles. The van der Waals surface area contributed by atoms with Crippen LogP contribution in [0.15, 0.2) is 18.2 Å². The Bertz CT molecular complexity index is 681. The number of amides is 1. The summed E-state index contributed by atoms with van der Waals surface area (Å²) in [4.78, 5) is 14.7. The molecule has 2 N–H and O–H groups in total. The third-order valence-corrected chi connectivity index (χ3v) is 6.34. The van der Waals surface area contributed by atoms with Gasteiger partial charge in [-0.2, -0.15) is 0 Å². The van der Waals surface area contributed by atoms with Gasteiger partial charge in [-0.05, 0) is 43.4 Å². The lowest BCUT2D eigenvalue weighted by molar-refractivity contribution is -0.137. The maximum atomic E-state index is 12.5. The van der Waals surface area contributed by atoms with Gasteiger partial charge in [0.05, 0.1) is 26.4 Å². The fourth-order valence-corrected chi connectivity index (χ4v) is 4.90. The number of nitrogens with zero attached hydrogens (tertiary/aromatic N) is 1. The van der Waals surface area contributed by atoms with Gasteiger partial charge in [0, 0.05) is 25.0 Å². The minimum absolute atomic E-state index is 0.00812. The standard InChI is InChI=1S/C22H34N2O4/c1-4-12-23-20(25)15-24-13-11-22(26)10-6-5-7-17(22)21(24)16-8-9-18(27-2)19(14-16)28-3/h8-9,14,17,21,26H,4-7,10-13,15H2,1-3H3,(H,23,25). The first kappa shape index (κ1) is 20.9. The van der Waals surface area contributed by atoms with Gasteiger partial charge in [0.2, 0.25) is 5.91 Å². The minimum atomic E-state index is -0.646. The Hall–Kier alpha value is -1.79. The predicted molar refractivity (Wildman–Crippen MR) is 109 cm³/mol. The van der Waals surface area contributed by atoms with Crippen LogP contribution in [0.25, 0.3) is 0 Å². The zero-order chi connectivity index (χ0) is 20.1. The van der Waals surface area contributed by atoms with Crippen molar-refractivity contribution in [1.29, 1.82) is 0 Å². The molecule has 6 heteroatoms. The summed E-state index contributed by atoms with van der Waals surface area (Å²) in [6.07, 6.45) is 5.66. The van der Waals surface area contributed by atoms with E-state index in [1.54, 1.807) is 14.2 Å². The van der Waals surface area contributed by atoms with E-state index in [9.17, 15) is 9.90 Å². The molecule has 28 heavy (non-hydrogen) atoms. The SMILES string of the molecule is CCCNC(=O)CN1CCC2(O)CCCCC2C1c1ccc(OC)c(OC)c1. The number of carbonyl (C=O) groups is 1. The minimum Gasteiger partial charge on any atom is -0.493 e. The Morgan fingerprint density at radius 3 is 2.75 bits per heavy atom. The summed E-state index contributed by atoms with van der Waals surface area (Å²) in [7, 11) is 3.26. The third-order valence-electron chi connectivity index (χ3n) is 6.34. The van der Waals surface area contributed by atoms with Gasteiger partial charge in [-0.25, -0.2) is 0 Å². The molecular formula is C22H34N2O4. The molecule has 3 rings (SSSR count). The quantitative estimate of drug-likeness (QED) is 0.749. The van der Waals surface area contributed by atoms with Crippen molar-refractivity contribution in [3.05, 3.63) is 23.8 Å².